The molecule has 198 valence electrons. The van der Waals surface area contributed by atoms with Gasteiger partial charge in [0.05, 0.1) is 13.2 Å². The number of amides is 2. The molecule has 0 spiro atoms. The maximum absolute atomic E-state index is 11.7. The van der Waals surface area contributed by atoms with Crippen LogP contribution >= 0.6 is 0 Å². The Kier molecular flexibility index (Phi) is 18.2. The van der Waals surface area contributed by atoms with E-state index in [0.717, 1.165) is 44.6 Å². The average Bonchev–Trinajstić information content (AvgIpc) is 3.17. The molecule has 0 aliphatic carbocycles. The SMILES string of the molecule is C=CC(=O)OCCOCCOC(=O)CCCCCCCCCCCCCCCN1C(=O)C=CC1=O. The molecule has 0 N–H and O–H groups in total. The van der Waals surface area contributed by atoms with Gasteiger partial charge in [0.25, 0.3) is 11.8 Å². The van der Waals surface area contributed by atoms with Gasteiger partial charge in [-0.1, -0.05) is 77.2 Å². The van der Waals surface area contributed by atoms with Crippen LogP contribution in [-0.4, -0.2) is 61.6 Å². The first-order valence-corrected chi connectivity index (χ1v) is 13.1. The van der Waals surface area contributed by atoms with E-state index in [1.807, 2.05) is 0 Å². The van der Waals surface area contributed by atoms with Crippen LogP contribution in [0.4, 0.5) is 0 Å². The Morgan fingerprint density at radius 1 is 0.686 bits per heavy atom. The summed E-state index contributed by atoms with van der Waals surface area (Å²) < 4.78 is 15.1. The predicted octanol–water partition coefficient (Wildman–Crippen LogP) is 4.66. The smallest absolute Gasteiger partial charge is 0.330 e. The number of hydrogen-bond donors (Lipinski definition) is 0. The largest absolute Gasteiger partial charge is 0.463 e. The summed E-state index contributed by atoms with van der Waals surface area (Å²) in [6, 6.07) is 0. The quantitative estimate of drug-likeness (QED) is 0.0883. The molecule has 1 rings (SSSR count). The lowest BCUT2D eigenvalue weighted by Gasteiger charge is -2.12. The van der Waals surface area contributed by atoms with Gasteiger partial charge in [-0.05, 0) is 12.8 Å². The van der Waals surface area contributed by atoms with Gasteiger partial charge < -0.3 is 14.2 Å². The fraction of sp³-hybridized carbons (Fsp3) is 0.704. The fourth-order valence-electron chi connectivity index (χ4n) is 3.78. The molecule has 0 aromatic carbocycles. The number of imide groups is 1. The summed E-state index contributed by atoms with van der Waals surface area (Å²) in [5.41, 5.74) is 0. The minimum Gasteiger partial charge on any atom is -0.463 e. The molecule has 0 aromatic heterocycles. The van der Waals surface area contributed by atoms with Gasteiger partial charge in [-0.3, -0.25) is 19.3 Å². The standard InChI is InChI=1S/C27H43NO7/c1-2-26(31)34-22-20-33-21-23-35-27(32)16-14-12-10-8-6-4-3-5-7-9-11-13-15-19-28-24(29)17-18-25(28)30/h2,17-18H,1,3-16,19-23H2. The zero-order chi connectivity index (χ0) is 25.6. The molecule has 0 unspecified atom stereocenters. The zero-order valence-corrected chi connectivity index (χ0v) is 21.2. The van der Waals surface area contributed by atoms with Crippen LogP contribution in [0.1, 0.15) is 89.9 Å². The average molecular weight is 494 g/mol. The Hall–Kier alpha value is -2.48. The lowest BCUT2D eigenvalue weighted by atomic mass is 10.0. The predicted molar refractivity (Wildman–Crippen MR) is 133 cm³/mol. The van der Waals surface area contributed by atoms with Crippen LogP contribution in [0.2, 0.25) is 0 Å². The number of hydrogen-bond acceptors (Lipinski definition) is 7. The molecule has 0 fully saturated rings. The molecule has 8 heteroatoms. The van der Waals surface area contributed by atoms with Crippen LogP contribution in [0.5, 0.6) is 0 Å². The van der Waals surface area contributed by atoms with Crippen molar-refractivity contribution in [2.45, 2.75) is 89.9 Å². The van der Waals surface area contributed by atoms with Crippen molar-refractivity contribution < 1.29 is 33.4 Å². The van der Waals surface area contributed by atoms with Gasteiger partial charge in [0.15, 0.2) is 0 Å². The number of nitrogens with zero attached hydrogens (tertiary/aromatic N) is 1. The highest BCUT2D eigenvalue weighted by Gasteiger charge is 2.22. The molecule has 1 aliphatic rings. The summed E-state index contributed by atoms with van der Waals surface area (Å²) in [6.45, 7) is 4.77. The van der Waals surface area contributed by atoms with Gasteiger partial charge in [0, 0.05) is 31.2 Å². The highest BCUT2D eigenvalue weighted by molar-refractivity contribution is 6.12. The second kappa shape index (κ2) is 20.9. The van der Waals surface area contributed by atoms with E-state index in [1.54, 1.807) is 0 Å². The third kappa shape index (κ3) is 16.7. The number of esters is 2. The summed E-state index contributed by atoms with van der Waals surface area (Å²) in [4.78, 5) is 46.7. The van der Waals surface area contributed by atoms with Crippen molar-refractivity contribution in [3.8, 4) is 0 Å². The Bertz CT molecular complexity index is 656. The van der Waals surface area contributed by atoms with E-state index < -0.39 is 5.97 Å². The maximum Gasteiger partial charge on any atom is 0.330 e. The lowest BCUT2D eigenvalue weighted by Crippen LogP contribution is -2.30. The van der Waals surface area contributed by atoms with E-state index >= 15 is 0 Å². The summed E-state index contributed by atoms with van der Waals surface area (Å²) in [6.07, 6.45) is 19.1. The molecule has 2 amide bonds. The second-order valence-corrected chi connectivity index (χ2v) is 8.71. The first-order chi connectivity index (χ1) is 17.0. The normalized spacial score (nSPS) is 12.9. The fourth-order valence-corrected chi connectivity index (χ4v) is 3.78. The summed E-state index contributed by atoms with van der Waals surface area (Å²) in [7, 11) is 0. The van der Waals surface area contributed by atoms with Crippen molar-refractivity contribution >= 4 is 23.8 Å². The van der Waals surface area contributed by atoms with E-state index in [1.165, 1.54) is 62.0 Å². The Morgan fingerprint density at radius 2 is 1.14 bits per heavy atom. The molecule has 0 saturated carbocycles. The monoisotopic (exact) mass is 493 g/mol. The lowest BCUT2D eigenvalue weighted by molar-refractivity contribution is -0.145. The van der Waals surface area contributed by atoms with E-state index in [0.29, 0.717) is 19.6 Å². The van der Waals surface area contributed by atoms with Crippen molar-refractivity contribution in [3.05, 3.63) is 24.8 Å². The summed E-state index contributed by atoms with van der Waals surface area (Å²) in [5, 5.41) is 0. The molecule has 0 aromatic rings. The maximum atomic E-state index is 11.7. The Morgan fingerprint density at radius 3 is 1.66 bits per heavy atom. The van der Waals surface area contributed by atoms with Crippen LogP contribution in [0.25, 0.3) is 0 Å². The van der Waals surface area contributed by atoms with E-state index in [2.05, 4.69) is 6.58 Å². The minimum atomic E-state index is -0.480. The van der Waals surface area contributed by atoms with Gasteiger partial charge in [0.1, 0.15) is 13.2 Å². The van der Waals surface area contributed by atoms with E-state index in [9.17, 15) is 19.2 Å². The van der Waals surface area contributed by atoms with Gasteiger partial charge in [-0.25, -0.2) is 4.79 Å². The van der Waals surface area contributed by atoms with Crippen molar-refractivity contribution in [1.29, 1.82) is 0 Å². The molecule has 0 atom stereocenters. The molecule has 1 aliphatic heterocycles. The van der Waals surface area contributed by atoms with Crippen molar-refractivity contribution in [3.63, 3.8) is 0 Å². The molecule has 0 radical (unpaired) electrons. The third-order valence-electron chi connectivity index (χ3n) is 5.79. The molecule has 0 bridgehead atoms. The summed E-state index contributed by atoms with van der Waals surface area (Å²) in [5.74, 6) is -1.04. The molecule has 1 heterocycles. The molecule has 35 heavy (non-hydrogen) atoms. The number of carbonyl (C=O) groups is 4. The van der Waals surface area contributed by atoms with Gasteiger partial charge in [0.2, 0.25) is 0 Å². The van der Waals surface area contributed by atoms with E-state index in [4.69, 9.17) is 14.2 Å². The van der Waals surface area contributed by atoms with Gasteiger partial charge in [-0.15, -0.1) is 0 Å². The van der Waals surface area contributed by atoms with Crippen LogP contribution in [0.3, 0.4) is 0 Å². The highest BCUT2D eigenvalue weighted by atomic mass is 16.6. The Labute approximate surface area is 210 Å². The highest BCUT2D eigenvalue weighted by Crippen LogP contribution is 2.14. The third-order valence-corrected chi connectivity index (χ3v) is 5.79. The van der Waals surface area contributed by atoms with Crippen molar-refractivity contribution in [2.24, 2.45) is 0 Å². The number of carbonyl (C=O) groups excluding carboxylic acids is 4. The minimum absolute atomic E-state index is 0.159. The van der Waals surface area contributed by atoms with Crippen LogP contribution in [0, 0.1) is 0 Å². The van der Waals surface area contributed by atoms with Crippen molar-refractivity contribution in [2.75, 3.05) is 33.0 Å². The zero-order valence-electron chi connectivity index (χ0n) is 21.2. The van der Waals surface area contributed by atoms with Crippen LogP contribution in [0.15, 0.2) is 24.8 Å². The van der Waals surface area contributed by atoms with E-state index in [-0.39, 0.29) is 37.6 Å². The first-order valence-electron chi connectivity index (χ1n) is 13.1. The summed E-state index contributed by atoms with van der Waals surface area (Å²) >= 11 is 0. The van der Waals surface area contributed by atoms with Crippen molar-refractivity contribution in [1.82, 2.24) is 4.90 Å². The molecular weight excluding hydrogens is 450 g/mol. The number of ether oxygens (including phenoxy) is 3. The van der Waals surface area contributed by atoms with Crippen LogP contribution < -0.4 is 0 Å². The molecule has 8 nitrogen and oxygen atoms in total. The molecule has 0 saturated heterocycles. The number of rotatable bonds is 23. The number of unbranched alkanes of at least 4 members (excludes halogenated alkanes) is 12. The topological polar surface area (TPSA) is 99.2 Å². The van der Waals surface area contributed by atoms with Gasteiger partial charge in [-0.2, -0.15) is 0 Å². The van der Waals surface area contributed by atoms with Crippen LogP contribution in [-0.2, 0) is 33.4 Å². The first kappa shape index (κ1) is 30.6. The molecular formula is C27H43NO7. The second-order valence-electron chi connectivity index (χ2n) is 8.71. The van der Waals surface area contributed by atoms with Gasteiger partial charge >= 0.3 is 11.9 Å². The Balaban J connectivity index is 1.74.